The van der Waals surface area contributed by atoms with E-state index in [1.807, 2.05) is 19.1 Å². The lowest BCUT2D eigenvalue weighted by Crippen LogP contribution is -2.50. The molecule has 2 rings (SSSR count). The molecule has 0 spiro atoms. The number of nitrogens with zero attached hydrogens (tertiary/aromatic N) is 2. The van der Waals surface area contributed by atoms with Gasteiger partial charge < -0.3 is 10.2 Å². The molecule has 1 aromatic rings. The van der Waals surface area contributed by atoms with Gasteiger partial charge in [0.2, 0.25) is 0 Å². The summed E-state index contributed by atoms with van der Waals surface area (Å²) < 4.78 is 22.6. The molecule has 1 aliphatic heterocycles. The topological polar surface area (TPSA) is 79.4 Å². The van der Waals surface area contributed by atoms with E-state index < -0.39 is 9.84 Å². The molecule has 1 fully saturated rings. The summed E-state index contributed by atoms with van der Waals surface area (Å²) in [6, 6.07) is 3.60. The molecule has 1 aromatic heterocycles. The number of pyridine rings is 1. The van der Waals surface area contributed by atoms with Crippen LogP contribution in [-0.4, -0.2) is 55.0 Å². The number of carbonyl (C=O) groups excluding carboxylic acids is 1. The Hall–Kier alpha value is -1.63. The summed E-state index contributed by atoms with van der Waals surface area (Å²) >= 11 is 0. The van der Waals surface area contributed by atoms with E-state index in [1.165, 1.54) is 0 Å². The fourth-order valence-corrected chi connectivity index (χ4v) is 3.34. The molecule has 110 valence electrons. The van der Waals surface area contributed by atoms with Gasteiger partial charge in [-0.25, -0.2) is 13.2 Å². The highest BCUT2D eigenvalue weighted by molar-refractivity contribution is 7.91. The summed E-state index contributed by atoms with van der Waals surface area (Å²) in [7, 11) is -2.96. The van der Waals surface area contributed by atoms with Crippen molar-refractivity contribution >= 4 is 15.9 Å². The van der Waals surface area contributed by atoms with Crippen molar-refractivity contribution in [2.24, 2.45) is 0 Å². The molecular formula is C13H19N3O3S. The van der Waals surface area contributed by atoms with Gasteiger partial charge in [0.15, 0.2) is 9.84 Å². The fraction of sp³-hybridized carbons (Fsp3) is 0.538. The molecule has 2 amide bonds. The minimum atomic E-state index is -2.96. The molecule has 6 nitrogen and oxygen atoms in total. The Balaban J connectivity index is 1.82. The van der Waals surface area contributed by atoms with E-state index in [0.29, 0.717) is 6.42 Å². The second-order valence-electron chi connectivity index (χ2n) is 5.05. The standard InChI is InChI=1S/C13H19N3O3S/c1-11(9-12-3-2-4-14-10-12)15-13(17)16-5-7-20(18,19)8-6-16/h2-4,10-11H,5-9H2,1H3,(H,15,17). The van der Waals surface area contributed by atoms with Gasteiger partial charge in [-0.05, 0) is 25.0 Å². The molecule has 1 aliphatic rings. The van der Waals surface area contributed by atoms with Crippen molar-refractivity contribution in [3.8, 4) is 0 Å². The summed E-state index contributed by atoms with van der Waals surface area (Å²) in [4.78, 5) is 17.6. The average molecular weight is 297 g/mol. The van der Waals surface area contributed by atoms with Gasteiger partial charge in [-0.3, -0.25) is 4.98 Å². The molecular weight excluding hydrogens is 278 g/mol. The number of amides is 2. The van der Waals surface area contributed by atoms with Gasteiger partial charge in [-0.15, -0.1) is 0 Å². The zero-order chi connectivity index (χ0) is 14.6. The molecule has 7 heteroatoms. The molecule has 0 aliphatic carbocycles. The van der Waals surface area contributed by atoms with Crippen LogP contribution in [0.25, 0.3) is 0 Å². The van der Waals surface area contributed by atoms with E-state index in [0.717, 1.165) is 5.56 Å². The number of hydrogen-bond acceptors (Lipinski definition) is 4. The maximum atomic E-state index is 12.0. The number of urea groups is 1. The van der Waals surface area contributed by atoms with Crippen LogP contribution in [0.5, 0.6) is 0 Å². The lowest BCUT2D eigenvalue weighted by Gasteiger charge is -2.28. The van der Waals surface area contributed by atoms with E-state index >= 15 is 0 Å². The zero-order valence-corrected chi connectivity index (χ0v) is 12.3. The van der Waals surface area contributed by atoms with Crippen LogP contribution in [0, 0.1) is 0 Å². The smallest absolute Gasteiger partial charge is 0.317 e. The molecule has 2 heterocycles. The number of carbonyl (C=O) groups is 1. The quantitative estimate of drug-likeness (QED) is 0.878. The Kier molecular flexibility index (Phi) is 4.59. The largest absolute Gasteiger partial charge is 0.335 e. The molecule has 20 heavy (non-hydrogen) atoms. The van der Waals surface area contributed by atoms with Crippen molar-refractivity contribution in [3.63, 3.8) is 0 Å². The van der Waals surface area contributed by atoms with E-state index in [4.69, 9.17) is 0 Å². The van der Waals surface area contributed by atoms with E-state index in [2.05, 4.69) is 10.3 Å². The van der Waals surface area contributed by atoms with Crippen molar-refractivity contribution in [2.75, 3.05) is 24.6 Å². The van der Waals surface area contributed by atoms with Crippen molar-refractivity contribution in [3.05, 3.63) is 30.1 Å². The van der Waals surface area contributed by atoms with Gasteiger partial charge >= 0.3 is 6.03 Å². The van der Waals surface area contributed by atoms with E-state index in [1.54, 1.807) is 17.3 Å². The summed E-state index contributed by atoms with van der Waals surface area (Å²) in [6.45, 7) is 2.47. The van der Waals surface area contributed by atoms with E-state index in [9.17, 15) is 13.2 Å². The van der Waals surface area contributed by atoms with Crippen LogP contribution in [-0.2, 0) is 16.3 Å². The number of aromatic nitrogens is 1. The third-order valence-corrected chi connectivity index (χ3v) is 4.88. The first-order valence-corrected chi connectivity index (χ1v) is 8.43. The maximum absolute atomic E-state index is 12.0. The average Bonchev–Trinajstić information content (AvgIpc) is 2.39. The van der Waals surface area contributed by atoms with Crippen LogP contribution in [0.1, 0.15) is 12.5 Å². The van der Waals surface area contributed by atoms with Crippen molar-refractivity contribution in [1.82, 2.24) is 15.2 Å². The van der Waals surface area contributed by atoms with Gasteiger partial charge in [0.25, 0.3) is 0 Å². The van der Waals surface area contributed by atoms with Crippen LogP contribution < -0.4 is 5.32 Å². The SMILES string of the molecule is CC(Cc1cccnc1)NC(=O)N1CCS(=O)(=O)CC1. The van der Waals surface area contributed by atoms with Crippen LogP contribution in [0.2, 0.25) is 0 Å². The Morgan fingerprint density at radius 3 is 2.75 bits per heavy atom. The predicted molar refractivity (Wildman–Crippen MR) is 76.2 cm³/mol. The summed E-state index contributed by atoms with van der Waals surface area (Å²) in [5.74, 6) is 0.106. The minimum Gasteiger partial charge on any atom is -0.335 e. The molecule has 0 bridgehead atoms. The van der Waals surface area contributed by atoms with Gasteiger partial charge in [-0.2, -0.15) is 0 Å². The lowest BCUT2D eigenvalue weighted by molar-refractivity contribution is 0.199. The molecule has 0 saturated carbocycles. The molecule has 0 radical (unpaired) electrons. The minimum absolute atomic E-state index is 0.0229. The molecule has 1 saturated heterocycles. The second-order valence-corrected chi connectivity index (χ2v) is 7.36. The predicted octanol–water partition coefficient (Wildman–Crippen LogP) is 0.453. The van der Waals surface area contributed by atoms with Crippen LogP contribution >= 0.6 is 0 Å². The van der Waals surface area contributed by atoms with Gasteiger partial charge in [0.1, 0.15) is 0 Å². The Bertz CT molecular complexity index is 545. The fourth-order valence-electron chi connectivity index (χ4n) is 2.14. The highest BCUT2D eigenvalue weighted by Crippen LogP contribution is 2.05. The molecule has 1 N–H and O–H groups in total. The van der Waals surface area contributed by atoms with Crippen molar-refractivity contribution in [2.45, 2.75) is 19.4 Å². The van der Waals surface area contributed by atoms with Crippen LogP contribution in [0.4, 0.5) is 4.79 Å². The zero-order valence-electron chi connectivity index (χ0n) is 11.4. The summed E-state index contributed by atoms with van der Waals surface area (Å²) in [5.41, 5.74) is 1.06. The summed E-state index contributed by atoms with van der Waals surface area (Å²) in [5, 5.41) is 2.89. The van der Waals surface area contributed by atoms with Crippen molar-refractivity contribution in [1.29, 1.82) is 0 Å². The monoisotopic (exact) mass is 297 g/mol. The van der Waals surface area contributed by atoms with Gasteiger partial charge in [0, 0.05) is 31.5 Å². The first-order chi connectivity index (χ1) is 9.46. The number of hydrogen-bond donors (Lipinski definition) is 1. The first kappa shape index (κ1) is 14.8. The normalized spacial score (nSPS) is 19.4. The second kappa shape index (κ2) is 6.21. The third-order valence-electron chi connectivity index (χ3n) is 3.27. The highest BCUT2D eigenvalue weighted by Gasteiger charge is 2.25. The van der Waals surface area contributed by atoms with Gasteiger partial charge in [0.05, 0.1) is 11.5 Å². The Labute approximate surface area is 119 Å². The summed E-state index contributed by atoms with van der Waals surface area (Å²) in [6.07, 6.45) is 4.18. The lowest BCUT2D eigenvalue weighted by atomic mass is 10.1. The molecule has 1 atom stereocenters. The molecule has 0 aromatic carbocycles. The Morgan fingerprint density at radius 1 is 1.45 bits per heavy atom. The van der Waals surface area contributed by atoms with Gasteiger partial charge in [-0.1, -0.05) is 6.07 Å². The molecule has 1 unspecified atom stereocenters. The highest BCUT2D eigenvalue weighted by atomic mass is 32.2. The third kappa shape index (κ3) is 4.19. The maximum Gasteiger partial charge on any atom is 0.317 e. The Morgan fingerprint density at radius 2 is 2.15 bits per heavy atom. The number of nitrogens with one attached hydrogen (secondary N) is 1. The first-order valence-electron chi connectivity index (χ1n) is 6.61. The van der Waals surface area contributed by atoms with Crippen LogP contribution in [0.3, 0.4) is 0 Å². The van der Waals surface area contributed by atoms with E-state index in [-0.39, 0.29) is 36.7 Å². The number of rotatable bonds is 3. The number of sulfone groups is 1. The van der Waals surface area contributed by atoms with Crippen LogP contribution in [0.15, 0.2) is 24.5 Å². The van der Waals surface area contributed by atoms with Crippen molar-refractivity contribution < 1.29 is 13.2 Å².